The van der Waals surface area contributed by atoms with E-state index in [9.17, 15) is 14.7 Å². The third kappa shape index (κ3) is 4.21. The highest BCUT2D eigenvalue weighted by atomic mass is 16.5. The molecular formula is C25H27NO6. The van der Waals surface area contributed by atoms with E-state index in [4.69, 9.17) is 14.2 Å². The standard InChI is InChI=1S/C25H27NO6/c1-3-31-19-12-6-16(7-13-19)22-21(23(27)17-8-10-18(30-2)11-9-17)24(28)25(29)26(22)15-20-5-4-14-32-20/h6-13,20,22,27H,3-5,14-15H2,1-2H3/b23-21+/t20-,22+/m1/s1. The second-order valence-electron chi connectivity index (χ2n) is 7.82. The highest BCUT2D eigenvalue weighted by Crippen LogP contribution is 2.40. The number of aliphatic hydroxyl groups is 1. The summed E-state index contributed by atoms with van der Waals surface area (Å²) < 4.78 is 16.4. The van der Waals surface area contributed by atoms with E-state index in [1.54, 1.807) is 43.5 Å². The van der Waals surface area contributed by atoms with Gasteiger partial charge in [0, 0.05) is 18.7 Å². The molecule has 0 radical (unpaired) electrons. The van der Waals surface area contributed by atoms with E-state index in [1.807, 2.05) is 19.1 Å². The van der Waals surface area contributed by atoms with Crippen LogP contribution in [-0.2, 0) is 14.3 Å². The van der Waals surface area contributed by atoms with Gasteiger partial charge in [0.25, 0.3) is 11.7 Å². The van der Waals surface area contributed by atoms with Gasteiger partial charge >= 0.3 is 0 Å². The molecule has 168 valence electrons. The summed E-state index contributed by atoms with van der Waals surface area (Å²) in [5.41, 5.74) is 1.24. The van der Waals surface area contributed by atoms with Crippen LogP contribution in [0, 0.1) is 0 Å². The Bertz CT molecular complexity index is 1010. The molecule has 0 spiro atoms. The lowest BCUT2D eigenvalue weighted by Gasteiger charge is -2.27. The van der Waals surface area contributed by atoms with Gasteiger partial charge in [-0.1, -0.05) is 12.1 Å². The largest absolute Gasteiger partial charge is 0.507 e. The van der Waals surface area contributed by atoms with Gasteiger partial charge in [0.05, 0.1) is 31.4 Å². The fourth-order valence-electron chi connectivity index (χ4n) is 4.24. The van der Waals surface area contributed by atoms with Crippen LogP contribution < -0.4 is 9.47 Å². The highest BCUT2D eigenvalue weighted by molar-refractivity contribution is 6.46. The van der Waals surface area contributed by atoms with Gasteiger partial charge in [0.2, 0.25) is 0 Å². The van der Waals surface area contributed by atoms with E-state index in [0.29, 0.717) is 36.8 Å². The molecule has 0 bridgehead atoms. The molecule has 0 saturated carbocycles. The molecule has 2 saturated heterocycles. The maximum Gasteiger partial charge on any atom is 0.295 e. The molecule has 7 heteroatoms. The molecule has 0 aliphatic carbocycles. The number of carbonyl (C=O) groups excluding carboxylic acids is 2. The van der Waals surface area contributed by atoms with Gasteiger partial charge < -0.3 is 24.2 Å². The first-order valence-corrected chi connectivity index (χ1v) is 10.8. The van der Waals surface area contributed by atoms with Gasteiger partial charge in [-0.2, -0.15) is 0 Å². The van der Waals surface area contributed by atoms with E-state index >= 15 is 0 Å². The number of amides is 1. The third-order valence-electron chi connectivity index (χ3n) is 5.83. The van der Waals surface area contributed by atoms with Crippen molar-refractivity contribution in [1.29, 1.82) is 0 Å². The monoisotopic (exact) mass is 437 g/mol. The average molecular weight is 437 g/mol. The molecule has 7 nitrogen and oxygen atoms in total. The number of hydrogen-bond acceptors (Lipinski definition) is 6. The number of benzene rings is 2. The van der Waals surface area contributed by atoms with Crippen molar-refractivity contribution in [3.8, 4) is 11.5 Å². The molecular weight excluding hydrogens is 410 g/mol. The van der Waals surface area contributed by atoms with Crippen LogP contribution in [0.1, 0.15) is 36.9 Å². The lowest BCUT2D eigenvalue weighted by atomic mass is 9.95. The zero-order chi connectivity index (χ0) is 22.7. The molecule has 2 fully saturated rings. The van der Waals surface area contributed by atoms with Crippen LogP contribution in [0.5, 0.6) is 11.5 Å². The molecule has 1 N–H and O–H groups in total. The first kappa shape index (κ1) is 21.9. The zero-order valence-corrected chi connectivity index (χ0v) is 18.2. The summed E-state index contributed by atoms with van der Waals surface area (Å²) in [6, 6.07) is 13.3. The minimum absolute atomic E-state index is 0.0716. The van der Waals surface area contributed by atoms with Crippen molar-refractivity contribution < 1.29 is 28.9 Å². The topological polar surface area (TPSA) is 85.3 Å². The number of Topliss-reactive ketones (excluding diaryl/α,β-unsaturated/α-hetero) is 1. The smallest absolute Gasteiger partial charge is 0.295 e. The molecule has 2 aliphatic heterocycles. The maximum atomic E-state index is 13.1. The molecule has 2 aromatic rings. The Labute approximate surface area is 187 Å². The van der Waals surface area contributed by atoms with Crippen LogP contribution in [-0.4, -0.2) is 54.7 Å². The van der Waals surface area contributed by atoms with Gasteiger partial charge in [-0.25, -0.2) is 0 Å². The minimum Gasteiger partial charge on any atom is -0.507 e. The van der Waals surface area contributed by atoms with Crippen molar-refractivity contribution >= 4 is 17.4 Å². The number of ether oxygens (including phenoxy) is 3. The summed E-state index contributed by atoms with van der Waals surface area (Å²) in [7, 11) is 1.55. The number of ketones is 1. The van der Waals surface area contributed by atoms with Gasteiger partial charge in [-0.05, 0) is 61.7 Å². The van der Waals surface area contributed by atoms with Crippen LogP contribution in [0.4, 0.5) is 0 Å². The highest BCUT2D eigenvalue weighted by Gasteiger charge is 2.47. The number of aliphatic hydroxyl groups excluding tert-OH is 1. The average Bonchev–Trinajstić information content (AvgIpc) is 3.42. The Balaban J connectivity index is 1.77. The molecule has 2 aliphatic rings. The predicted molar refractivity (Wildman–Crippen MR) is 119 cm³/mol. The van der Waals surface area contributed by atoms with Gasteiger partial charge in [0.15, 0.2) is 0 Å². The first-order chi connectivity index (χ1) is 15.5. The molecule has 0 aromatic heterocycles. The Hall–Kier alpha value is -3.32. The first-order valence-electron chi connectivity index (χ1n) is 10.8. The van der Waals surface area contributed by atoms with Crippen molar-refractivity contribution in [3.63, 3.8) is 0 Å². The summed E-state index contributed by atoms with van der Waals surface area (Å²) in [6.07, 6.45) is 1.63. The van der Waals surface area contributed by atoms with E-state index in [-0.39, 0.29) is 17.4 Å². The van der Waals surface area contributed by atoms with E-state index in [1.165, 1.54) is 4.90 Å². The molecule has 0 unspecified atom stereocenters. The number of methoxy groups -OCH3 is 1. The molecule has 2 heterocycles. The Kier molecular flexibility index (Phi) is 6.46. The maximum absolute atomic E-state index is 13.1. The van der Waals surface area contributed by atoms with Crippen molar-refractivity contribution in [2.45, 2.75) is 31.9 Å². The van der Waals surface area contributed by atoms with Crippen LogP contribution in [0.15, 0.2) is 54.1 Å². The van der Waals surface area contributed by atoms with E-state index < -0.39 is 17.7 Å². The molecule has 2 aromatic carbocycles. The Morgan fingerprint density at radius 1 is 1.09 bits per heavy atom. The fraction of sp³-hybridized carbons (Fsp3) is 0.360. The Morgan fingerprint density at radius 3 is 2.38 bits per heavy atom. The van der Waals surface area contributed by atoms with Crippen LogP contribution in [0.3, 0.4) is 0 Å². The summed E-state index contributed by atoms with van der Waals surface area (Å²) in [6.45, 7) is 3.38. The summed E-state index contributed by atoms with van der Waals surface area (Å²) in [5.74, 6) is -0.213. The minimum atomic E-state index is -0.711. The number of carbonyl (C=O) groups is 2. The predicted octanol–water partition coefficient (Wildman–Crippen LogP) is 3.69. The van der Waals surface area contributed by atoms with Gasteiger partial charge in [-0.3, -0.25) is 9.59 Å². The fourth-order valence-corrected chi connectivity index (χ4v) is 4.24. The number of likely N-dealkylation sites (tertiary alicyclic amines) is 1. The summed E-state index contributed by atoms with van der Waals surface area (Å²) in [4.78, 5) is 27.6. The van der Waals surface area contributed by atoms with Crippen LogP contribution >= 0.6 is 0 Å². The summed E-state index contributed by atoms with van der Waals surface area (Å²) in [5, 5.41) is 11.1. The second kappa shape index (κ2) is 9.44. The molecule has 1 amide bonds. The van der Waals surface area contributed by atoms with Crippen LogP contribution in [0.25, 0.3) is 5.76 Å². The molecule has 4 rings (SSSR count). The second-order valence-corrected chi connectivity index (χ2v) is 7.82. The van der Waals surface area contributed by atoms with E-state index in [0.717, 1.165) is 18.4 Å². The lowest BCUT2D eigenvalue weighted by Crippen LogP contribution is -2.36. The zero-order valence-electron chi connectivity index (χ0n) is 18.2. The van der Waals surface area contributed by atoms with Crippen molar-refractivity contribution in [2.75, 3.05) is 26.9 Å². The molecule has 32 heavy (non-hydrogen) atoms. The van der Waals surface area contributed by atoms with Crippen molar-refractivity contribution in [2.24, 2.45) is 0 Å². The number of hydrogen-bond donors (Lipinski definition) is 1. The third-order valence-corrected chi connectivity index (χ3v) is 5.83. The molecule has 2 atom stereocenters. The van der Waals surface area contributed by atoms with Crippen LogP contribution in [0.2, 0.25) is 0 Å². The SMILES string of the molecule is CCOc1ccc([C@H]2/C(=C(\O)c3ccc(OC)cc3)C(=O)C(=O)N2C[C@H]2CCCO2)cc1. The number of nitrogens with zero attached hydrogens (tertiary/aromatic N) is 1. The normalized spacial score (nSPS) is 22.4. The van der Waals surface area contributed by atoms with Crippen molar-refractivity contribution in [1.82, 2.24) is 4.90 Å². The number of rotatable bonds is 7. The van der Waals surface area contributed by atoms with Gasteiger partial charge in [-0.15, -0.1) is 0 Å². The Morgan fingerprint density at radius 2 is 1.78 bits per heavy atom. The van der Waals surface area contributed by atoms with Gasteiger partial charge in [0.1, 0.15) is 17.3 Å². The lowest BCUT2D eigenvalue weighted by molar-refractivity contribution is -0.140. The van der Waals surface area contributed by atoms with Crippen molar-refractivity contribution in [3.05, 3.63) is 65.2 Å². The van der Waals surface area contributed by atoms with E-state index in [2.05, 4.69) is 0 Å². The quantitative estimate of drug-likeness (QED) is 0.404. The summed E-state index contributed by atoms with van der Waals surface area (Å²) >= 11 is 0.